The minimum atomic E-state index is -0.184. The van der Waals surface area contributed by atoms with Crippen LogP contribution >= 0.6 is 22.9 Å². The van der Waals surface area contributed by atoms with E-state index in [1.54, 1.807) is 12.1 Å². The van der Waals surface area contributed by atoms with Gasteiger partial charge >= 0.3 is 0 Å². The first-order valence-electron chi connectivity index (χ1n) is 5.41. The van der Waals surface area contributed by atoms with E-state index in [0.29, 0.717) is 21.3 Å². The van der Waals surface area contributed by atoms with Crippen molar-refractivity contribution in [2.75, 3.05) is 11.1 Å². The molecule has 0 saturated heterocycles. The zero-order valence-electron chi connectivity index (χ0n) is 10.1. The number of amides is 1. The van der Waals surface area contributed by atoms with E-state index in [1.807, 2.05) is 26.0 Å². The second kappa shape index (κ2) is 5.00. The zero-order chi connectivity index (χ0) is 13.3. The molecule has 0 atom stereocenters. The highest BCUT2D eigenvalue weighted by Gasteiger charge is 2.13. The number of anilines is 2. The fourth-order valence-electron chi connectivity index (χ4n) is 1.57. The lowest BCUT2D eigenvalue weighted by atomic mass is 10.2. The highest BCUT2D eigenvalue weighted by atomic mass is 35.5. The number of nitrogens with one attached hydrogen (secondary N) is 1. The first kappa shape index (κ1) is 12.9. The number of aryl methyl sites for hydroxylation is 2. The molecule has 0 spiro atoms. The van der Waals surface area contributed by atoms with Crippen molar-refractivity contribution < 1.29 is 4.79 Å². The molecule has 2 aromatic rings. The molecule has 1 heterocycles. The summed E-state index contributed by atoms with van der Waals surface area (Å²) in [5.74, 6) is -0.184. The SMILES string of the molecule is Cc1cccc(Cl)c1NC(=O)c1cc(N)c(C)s1. The molecule has 2 rings (SSSR count). The van der Waals surface area contributed by atoms with Crippen molar-refractivity contribution in [3.8, 4) is 0 Å². The van der Waals surface area contributed by atoms with E-state index in [0.717, 1.165) is 10.4 Å². The number of halogens is 1. The number of hydrogen-bond donors (Lipinski definition) is 2. The third-order valence-corrected chi connectivity index (χ3v) is 4.02. The average Bonchev–Trinajstić information content (AvgIpc) is 2.64. The van der Waals surface area contributed by atoms with Crippen molar-refractivity contribution in [3.63, 3.8) is 0 Å². The van der Waals surface area contributed by atoms with Crippen LogP contribution in [0.2, 0.25) is 5.02 Å². The standard InChI is InChI=1S/C13H13ClN2OS/c1-7-4-3-5-9(14)12(7)16-13(17)11-6-10(15)8(2)18-11/h3-6H,15H2,1-2H3,(H,16,17). The molecule has 0 aliphatic carbocycles. The second-order valence-electron chi connectivity index (χ2n) is 4.01. The molecule has 18 heavy (non-hydrogen) atoms. The summed E-state index contributed by atoms with van der Waals surface area (Å²) in [6, 6.07) is 7.18. The first-order valence-corrected chi connectivity index (χ1v) is 6.61. The maximum atomic E-state index is 12.1. The summed E-state index contributed by atoms with van der Waals surface area (Å²) in [4.78, 5) is 13.6. The number of hydrogen-bond acceptors (Lipinski definition) is 3. The van der Waals surface area contributed by atoms with E-state index in [1.165, 1.54) is 11.3 Å². The van der Waals surface area contributed by atoms with Gasteiger partial charge in [0.15, 0.2) is 0 Å². The Balaban J connectivity index is 2.27. The maximum Gasteiger partial charge on any atom is 0.265 e. The van der Waals surface area contributed by atoms with Gasteiger partial charge in [-0.05, 0) is 31.5 Å². The molecular weight excluding hydrogens is 268 g/mol. The van der Waals surface area contributed by atoms with Crippen LogP contribution in [-0.2, 0) is 0 Å². The minimum absolute atomic E-state index is 0.184. The van der Waals surface area contributed by atoms with Crippen LogP contribution < -0.4 is 11.1 Å². The smallest absolute Gasteiger partial charge is 0.265 e. The summed E-state index contributed by atoms with van der Waals surface area (Å²) >= 11 is 7.43. The summed E-state index contributed by atoms with van der Waals surface area (Å²) in [5, 5.41) is 3.35. The molecule has 0 bridgehead atoms. The number of rotatable bonds is 2. The highest BCUT2D eigenvalue weighted by Crippen LogP contribution is 2.28. The fraction of sp³-hybridized carbons (Fsp3) is 0.154. The third kappa shape index (κ3) is 2.49. The van der Waals surface area contributed by atoms with Crippen LogP contribution in [0.4, 0.5) is 11.4 Å². The van der Waals surface area contributed by atoms with Gasteiger partial charge in [-0.1, -0.05) is 23.7 Å². The normalized spacial score (nSPS) is 10.4. The number of carbonyl (C=O) groups excluding carboxylic acids is 1. The third-order valence-electron chi connectivity index (χ3n) is 2.64. The molecule has 3 N–H and O–H groups in total. The summed E-state index contributed by atoms with van der Waals surface area (Å²) in [7, 11) is 0. The van der Waals surface area contributed by atoms with Crippen LogP contribution in [0, 0.1) is 13.8 Å². The molecule has 0 radical (unpaired) electrons. The lowest BCUT2D eigenvalue weighted by Gasteiger charge is -2.08. The molecule has 0 unspecified atom stereocenters. The molecule has 3 nitrogen and oxygen atoms in total. The van der Waals surface area contributed by atoms with Gasteiger partial charge in [0.2, 0.25) is 0 Å². The molecule has 0 aliphatic heterocycles. The van der Waals surface area contributed by atoms with Gasteiger partial charge in [0.05, 0.1) is 15.6 Å². The van der Waals surface area contributed by atoms with Gasteiger partial charge in [0, 0.05) is 10.6 Å². The summed E-state index contributed by atoms with van der Waals surface area (Å²) < 4.78 is 0. The number of para-hydroxylation sites is 1. The zero-order valence-corrected chi connectivity index (χ0v) is 11.7. The van der Waals surface area contributed by atoms with Gasteiger partial charge < -0.3 is 11.1 Å². The number of benzene rings is 1. The lowest BCUT2D eigenvalue weighted by molar-refractivity contribution is 0.103. The fourth-order valence-corrected chi connectivity index (χ4v) is 2.68. The predicted octanol–water partition coefficient (Wildman–Crippen LogP) is 3.85. The molecule has 1 amide bonds. The average molecular weight is 281 g/mol. The topological polar surface area (TPSA) is 55.1 Å². The summed E-state index contributed by atoms with van der Waals surface area (Å²) in [5.41, 5.74) is 7.95. The van der Waals surface area contributed by atoms with Crippen molar-refractivity contribution in [1.82, 2.24) is 0 Å². The molecule has 1 aromatic heterocycles. The van der Waals surface area contributed by atoms with Crippen molar-refractivity contribution in [2.45, 2.75) is 13.8 Å². The van der Waals surface area contributed by atoms with Crippen LogP contribution in [0.1, 0.15) is 20.1 Å². The van der Waals surface area contributed by atoms with Crippen molar-refractivity contribution in [3.05, 3.63) is 44.6 Å². The predicted molar refractivity (Wildman–Crippen MR) is 77.6 cm³/mol. The van der Waals surface area contributed by atoms with Crippen LogP contribution in [0.25, 0.3) is 0 Å². The van der Waals surface area contributed by atoms with Gasteiger partial charge in [-0.2, -0.15) is 0 Å². The van der Waals surface area contributed by atoms with Crippen molar-refractivity contribution >= 4 is 40.2 Å². The number of thiophene rings is 1. The van der Waals surface area contributed by atoms with Gasteiger partial charge in [0.25, 0.3) is 5.91 Å². The van der Waals surface area contributed by atoms with E-state index in [2.05, 4.69) is 5.32 Å². The molecule has 0 fully saturated rings. The van der Waals surface area contributed by atoms with Crippen LogP contribution in [-0.4, -0.2) is 5.91 Å². The van der Waals surface area contributed by atoms with Gasteiger partial charge in [-0.3, -0.25) is 4.79 Å². The van der Waals surface area contributed by atoms with Crippen LogP contribution in [0.3, 0.4) is 0 Å². The second-order valence-corrected chi connectivity index (χ2v) is 5.67. The van der Waals surface area contributed by atoms with Crippen molar-refractivity contribution in [1.29, 1.82) is 0 Å². The Kier molecular flexibility index (Phi) is 3.59. The van der Waals surface area contributed by atoms with E-state index < -0.39 is 0 Å². The number of nitrogen functional groups attached to an aromatic ring is 1. The lowest BCUT2D eigenvalue weighted by Crippen LogP contribution is -2.11. The Morgan fingerprint density at radius 3 is 2.67 bits per heavy atom. The molecule has 0 aliphatic rings. The molecular formula is C13H13ClN2OS. The number of carbonyl (C=O) groups is 1. The minimum Gasteiger partial charge on any atom is -0.398 e. The Morgan fingerprint density at radius 1 is 1.39 bits per heavy atom. The summed E-state index contributed by atoms with van der Waals surface area (Å²) in [6.07, 6.45) is 0. The Labute approximate surface area is 115 Å². The Bertz CT molecular complexity index is 567. The van der Waals surface area contributed by atoms with Gasteiger partial charge in [0.1, 0.15) is 0 Å². The van der Waals surface area contributed by atoms with E-state index in [-0.39, 0.29) is 5.91 Å². The first-order chi connectivity index (χ1) is 8.49. The quantitative estimate of drug-likeness (QED) is 0.878. The van der Waals surface area contributed by atoms with Crippen LogP contribution in [0.15, 0.2) is 24.3 Å². The van der Waals surface area contributed by atoms with E-state index in [4.69, 9.17) is 17.3 Å². The Morgan fingerprint density at radius 2 is 2.11 bits per heavy atom. The summed E-state index contributed by atoms with van der Waals surface area (Å²) in [6.45, 7) is 3.78. The molecule has 1 aromatic carbocycles. The van der Waals surface area contributed by atoms with Crippen LogP contribution in [0.5, 0.6) is 0 Å². The molecule has 94 valence electrons. The monoisotopic (exact) mass is 280 g/mol. The number of nitrogens with two attached hydrogens (primary N) is 1. The molecule has 5 heteroatoms. The van der Waals surface area contributed by atoms with Gasteiger partial charge in [-0.15, -0.1) is 11.3 Å². The highest BCUT2D eigenvalue weighted by molar-refractivity contribution is 7.14. The van der Waals surface area contributed by atoms with Crippen molar-refractivity contribution in [2.24, 2.45) is 0 Å². The van der Waals surface area contributed by atoms with E-state index >= 15 is 0 Å². The maximum absolute atomic E-state index is 12.1. The molecule has 0 saturated carbocycles. The largest absolute Gasteiger partial charge is 0.398 e. The van der Waals surface area contributed by atoms with E-state index in [9.17, 15) is 4.79 Å². The Hall–Kier alpha value is -1.52. The van der Waals surface area contributed by atoms with Gasteiger partial charge in [-0.25, -0.2) is 0 Å².